The van der Waals surface area contributed by atoms with E-state index in [1.807, 2.05) is 13.0 Å². The quantitative estimate of drug-likeness (QED) is 0.670. The number of nitrogens with one attached hydrogen (secondary N) is 2. The fourth-order valence-electron chi connectivity index (χ4n) is 1.67. The monoisotopic (exact) mass is 350 g/mol. The first-order chi connectivity index (χ1) is 10.0. The van der Waals surface area contributed by atoms with E-state index in [0.717, 1.165) is 12.1 Å². The minimum atomic E-state index is -0.551. The van der Waals surface area contributed by atoms with E-state index in [1.165, 1.54) is 0 Å². The lowest BCUT2D eigenvalue weighted by molar-refractivity contribution is -0.127. The van der Waals surface area contributed by atoms with Crippen molar-refractivity contribution in [1.82, 2.24) is 10.6 Å². The zero-order valence-corrected chi connectivity index (χ0v) is 14.7. The number of ether oxygens (including phenoxy) is 2. The van der Waals surface area contributed by atoms with Crippen molar-refractivity contribution in [3.63, 3.8) is 0 Å². The molecule has 0 saturated carbocycles. The molecule has 1 amide bonds. The topological polar surface area (TPSA) is 59.6 Å². The molecular formula is C15H24Cl2N2O3. The largest absolute Gasteiger partial charge is 0.481 e. The lowest BCUT2D eigenvalue weighted by Crippen LogP contribution is -2.40. The van der Waals surface area contributed by atoms with Crippen molar-refractivity contribution in [1.29, 1.82) is 0 Å². The van der Waals surface area contributed by atoms with Crippen LogP contribution in [0.1, 0.15) is 12.5 Å². The molecule has 7 heteroatoms. The van der Waals surface area contributed by atoms with Crippen LogP contribution in [0.4, 0.5) is 0 Å². The first-order valence-electron chi connectivity index (χ1n) is 6.94. The molecule has 0 radical (unpaired) electrons. The second kappa shape index (κ2) is 11.5. The zero-order chi connectivity index (χ0) is 15.7. The first kappa shape index (κ1) is 21.0. The lowest BCUT2D eigenvalue weighted by atomic mass is 10.2. The highest BCUT2D eigenvalue weighted by atomic mass is 35.5. The van der Waals surface area contributed by atoms with Gasteiger partial charge in [0.15, 0.2) is 6.10 Å². The van der Waals surface area contributed by atoms with Crippen LogP contribution in [0.3, 0.4) is 0 Å². The number of carbonyl (C=O) groups excluding carboxylic acids is 1. The molecule has 0 heterocycles. The molecule has 1 rings (SSSR count). The maximum Gasteiger partial charge on any atom is 0.260 e. The summed E-state index contributed by atoms with van der Waals surface area (Å²) >= 11 is 5.95. The molecule has 0 saturated heterocycles. The van der Waals surface area contributed by atoms with E-state index in [9.17, 15) is 4.79 Å². The highest BCUT2D eigenvalue weighted by Crippen LogP contribution is 2.21. The van der Waals surface area contributed by atoms with Crippen LogP contribution in [0.25, 0.3) is 0 Å². The highest BCUT2D eigenvalue weighted by molar-refractivity contribution is 6.31. The van der Waals surface area contributed by atoms with Crippen LogP contribution in [0.2, 0.25) is 5.02 Å². The number of benzene rings is 1. The minimum Gasteiger partial charge on any atom is -0.481 e. The summed E-state index contributed by atoms with van der Waals surface area (Å²) in [5, 5.41) is 6.64. The van der Waals surface area contributed by atoms with Gasteiger partial charge in [0, 0.05) is 31.8 Å². The van der Waals surface area contributed by atoms with E-state index >= 15 is 0 Å². The van der Waals surface area contributed by atoms with Gasteiger partial charge in [-0.3, -0.25) is 4.79 Å². The highest BCUT2D eigenvalue weighted by Gasteiger charge is 2.14. The van der Waals surface area contributed by atoms with E-state index in [4.69, 9.17) is 21.1 Å². The van der Waals surface area contributed by atoms with Gasteiger partial charge in [-0.1, -0.05) is 11.6 Å². The second-order valence-corrected chi connectivity index (χ2v) is 5.11. The number of hydrogen-bond acceptors (Lipinski definition) is 4. The van der Waals surface area contributed by atoms with Gasteiger partial charge in [0.2, 0.25) is 0 Å². The van der Waals surface area contributed by atoms with Gasteiger partial charge in [-0.05, 0) is 37.6 Å². The number of amides is 1. The van der Waals surface area contributed by atoms with E-state index in [1.54, 1.807) is 26.2 Å². The molecule has 2 N–H and O–H groups in total. The van der Waals surface area contributed by atoms with Crippen molar-refractivity contribution in [2.75, 3.05) is 33.4 Å². The van der Waals surface area contributed by atoms with Gasteiger partial charge in [0.1, 0.15) is 5.75 Å². The van der Waals surface area contributed by atoms with Crippen LogP contribution in [0.5, 0.6) is 5.75 Å². The van der Waals surface area contributed by atoms with Gasteiger partial charge in [-0.15, -0.1) is 12.4 Å². The third kappa shape index (κ3) is 7.84. The average Bonchev–Trinajstić information content (AvgIpc) is 2.46. The molecule has 22 heavy (non-hydrogen) atoms. The fraction of sp³-hybridized carbons (Fsp3) is 0.533. The van der Waals surface area contributed by atoms with Crippen LogP contribution in [-0.2, 0) is 9.53 Å². The molecule has 1 aromatic carbocycles. The van der Waals surface area contributed by atoms with Crippen molar-refractivity contribution < 1.29 is 14.3 Å². The Balaban J connectivity index is 0.00000441. The van der Waals surface area contributed by atoms with Crippen molar-refractivity contribution in [2.24, 2.45) is 0 Å². The Morgan fingerprint density at radius 1 is 1.32 bits per heavy atom. The SMILES string of the molecule is COCCNCCNC(=O)C(C)Oc1ccc(Cl)c(C)c1.Cl. The Hall–Kier alpha value is -1.01. The molecule has 1 atom stereocenters. The molecule has 0 aliphatic carbocycles. The van der Waals surface area contributed by atoms with Gasteiger partial charge in [-0.2, -0.15) is 0 Å². The van der Waals surface area contributed by atoms with E-state index in [0.29, 0.717) is 30.5 Å². The van der Waals surface area contributed by atoms with Crippen molar-refractivity contribution in [3.05, 3.63) is 28.8 Å². The Labute approximate surface area is 143 Å². The Morgan fingerprint density at radius 2 is 2.05 bits per heavy atom. The molecule has 0 spiro atoms. The number of halogens is 2. The third-order valence-corrected chi connectivity index (χ3v) is 3.32. The standard InChI is InChI=1S/C15H23ClN2O3.ClH/c1-11-10-13(4-5-14(11)16)21-12(2)15(19)18-7-6-17-8-9-20-3;/h4-5,10,12,17H,6-9H2,1-3H3,(H,18,19);1H. The summed E-state index contributed by atoms with van der Waals surface area (Å²) in [6.07, 6.45) is -0.551. The third-order valence-electron chi connectivity index (χ3n) is 2.90. The summed E-state index contributed by atoms with van der Waals surface area (Å²) in [5.41, 5.74) is 0.920. The molecule has 5 nitrogen and oxygen atoms in total. The average molecular weight is 351 g/mol. The Morgan fingerprint density at radius 3 is 2.68 bits per heavy atom. The van der Waals surface area contributed by atoms with Crippen LogP contribution in [0.15, 0.2) is 18.2 Å². The number of carbonyl (C=O) groups is 1. The van der Waals surface area contributed by atoms with Crippen LogP contribution in [0, 0.1) is 6.92 Å². The summed E-state index contributed by atoms with van der Waals surface area (Å²) in [5.74, 6) is 0.494. The lowest BCUT2D eigenvalue weighted by Gasteiger charge is -2.15. The number of hydrogen-bond donors (Lipinski definition) is 2. The molecule has 1 aromatic rings. The fourth-order valence-corrected chi connectivity index (χ4v) is 1.78. The summed E-state index contributed by atoms with van der Waals surface area (Å²) in [4.78, 5) is 11.9. The predicted molar refractivity (Wildman–Crippen MR) is 91.3 cm³/mol. The molecule has 1 unspecified atom stereocenters. The summed E-state index contributed by atoms with van der Waals surface area (Å²) < 4.78 is 10.5. The molecular weight excluding hydrogens is 327 g/mol. The van der Waals surface area contributed by atoms with Crippen molar-refractivity contribution >= 4 is 29.9 Å². The number of methoxy groups -OCH3 is 1. The predicted octanol–water partition coefficient (Wildman–Crippen LogP) is 2.19. The summed E-state index contributed by atoms with van der Waals surface area (Å²) in [7, 11) is 1.65. The Kier molecular flexibility index (Phi) is 11.0. The van der Waals surface area contributed by atoms with Gasteiger partial charge in [0.05, 0.1) is 6.61 Å². The van der Waals surface area contributed by atoms with Gasteiger partial charge in [0.25, 0.3) is 5.91 Å². The number of aryl methyl sites for hydroxylation is 1. The van der Waals surface area contributed by atoms with Crippen LogP contribution < -0.4 is 15.4 Å². The second-order valence-electron chi connectivity index (χ2n) is 4.70. The maximum atomic E-state index is 11.9. The number of rotatable bonds is 9. The zero-order valence-electron chi connectivity index (χ0n) is 13.1. The van der Waals surface area contributed by atoms with Gasteiger partial charge < -0.3 is 20.1 Å². The molecule has 0 fully saturated rings. The molecule has 126 valence electrons. The van der Waals surface area contributed by atoms with E-state index in [-0.39, 0.29) is 18.3 Å². The van der Waals surface area contributed by atoms with E-state index in [2.05, 4.69) is 10.6 Å². The summed E-state index contributed by atoms with van der Waals surface area (Å²) in [6.45, 7) is 6.28. The van der Waals surface area contributed by atoms with E-state index < -0.39 is 6.10 Å². The maximum absolute atomic E-state index is 11.9. The normalized spacial score (nSPS) is 11.5. The molecule has 0 aliphatic rings. The smallest absolute Gasteiger partial charge is 0.260 e. The van der Waals surface area contributed by atoms with Gasteiger partial charge >= 0.3 is 0 Å². The molecule has 0 aromatic heterocycles. The van der Waals surface area contributed by atoms with Crippen LogP contribution >= 0.6 is 24.0 Å². The van der Waals surface area contributed by atoms with Crippen molar-refractivity contribution in [2.45, 2.75) is 20.0 Å². The van der Waals surface area contributed by atoms with Crippen molar-refractivity contribution in [3.8, 4) is 5.75 Å². The molecule has 0 aliphatic heterocycles. The van der Waals surface area contributed by atoms with Gasteiger partial charge in [-0.25, -0.2) is 0 Å². The van der Waals surface area contributed by atoms with Crippen LogP contribution in [-0.4, -0.2) is 45.4 Å². The molecule has 0 bridgehead atoms. The summed E-state index contributed by atoms with van der Waals surface area (Å²) in [6, 6.07) is 5.33. The first-order valence-corrected chi connectivity index (χ1v) is 7.32. The minimum absolute atomic E-state index is 0. The Bertz CT molecular complexity index is 458.